The molecule has 0 aliphatic heterocycles. The van der Waals surface area contributed by atoms with Crippen molar-refractivity contribution < 1.29 is 4.42 Å². The smallest absolute Gasteiger partial charge is 0.135 e. The van der Waals surface area contributed by atoms with Gasteiger partial charge in [0.05, 0.1) is 5.69 Å². The van der Waals surface area contributed by atoms with Crippen molar-refractivity contribution in [2.75, 3.05) is 0 Å². The Labute approximate surface area is 229 Å². The molecule has 0 aliphatic rings. The van der Waals surface area contributed by atoms with Crippen molar-refractivity contribution in [2.24, 2.45) is 5.92 Å². The Morgan fingerprint density at radius 3 is 2.45 bits per heavy atom. The molecule has 0 unspecified atom stereocenters. The molecular formula is C35H35NOS. The molecule has 3 aromatic carbocycles. The van der Waals surface area contributed by atoms with E-state index in [-0.39, 0.29) is 5.41 Å². The van der Waals surface area contributed by atoms with Crippen LogP contribution in [0.25, 0.3) is 53.5 Å². The Hall–Kier alpha value is -3.43. The van der Waals surface area contributed by atoms with E-state index in [2.05, 4.69) is 109 Å². The van der Waals surface area contributed by atoms with Gasteiger partial charge in [-0.05, 0) is 76.9 Å². The number of pyridine rings is 1. The van der Waals surface area contributed by atoms with E-state index in [0.717, 1.165) is 23.5 Å². The lowest BCUT2D eigenvalue weighted by atomic mass is 9.82. The maximum Gasteiger partial charge on any atom is 0.135 e. The second-order valence-corrected chi connectivity index (χ2v) is 13.1. The molecule has 0 saturated heterocycles. The zero-order valence-electron chi connectivity index (χ0n) is 23.4. The van der Waals surface area contributed by atoms with Gasteiger partial charge in [0.1, 0.15) is 11.3 Å². The standard InChI is InChI=1S/C35H35NOS/c1-20(2)17-29-21(3)31-26(13-10-14-28(31)37-29)34-22(4)32-30(38-34)15-16-36-33(32)24-18-23-11-8-9-12-25(23)27(19-24)35(5,6)7/h8-16,18-20H,17H2,1-7H3. The zero-order chi connectivity index (χ0) is 26.8. The Kier molecular flexibility index (Phi) is 5.96. The predicted octanol–water partition coefficient (Wildman–Crippen LogP) is 10.6. The van der Waals surface area contributed by atoms with Crippen LogP contribution in [0.15, 0.2) is 71.3 Å². The number of aryl methyl sites for hydroxylation is 2. The molecule has 0 N–H and O–H groups in total. The van der Waals surface area contributed by atoms with Crippen LogP contribution in [0.4, 0.5) is 0 Å². The lowest BCUT2D eigenvalue weighted by Gasteiger charge is -2.23. The molecule has 3 aromatic heterocycles. The van der Waals surface area contributed by atoms with Crippen LogP contribution >= 0.6 is 11.3 Å². The van der Waals surface area contributed by atoms with Crippen LogP contribution < -0.4 is 0 Å². The number of rotatable bonds is 4. The fraction of sp³-hybridized carbons (Fsp3) is 0.286. The number of aromatic nitrogens is 1. The van der Waals surface area contributed by atoms with Gasteiger partial charge in [0.2, 0.25) is 0 Å². The lowest BCUT2D eigenvalue weighted by molar-refractivity contribution is 0.496. The minimum atomic E-state index is 0.0283. The van der Waals surface area contributed by atoms with E-state index in [0.29, 0.717) is 5.92 Å². The van der Waals surface area contributed by atoms with Crippen LogP contribution in [0.1, 0.15) is 57.1 Å². The Morgan fingerprint density at radius 1 is 0.895 bits per heavy atom. The number of hydrogen-bond donors (Lipinski definition) is 0. The number of benzene rings is 3. The second kappa shape index (κ2) is 9.10. The number of thiophene rings is 1. The summed E-state index contributed by atoms with van der Waals surface area (Å²) in [7, 11) is 0. The Bertz CT molecular complexity index is 1830. The van der Waals surface area contributed by atoms with E-state index in [1.165, 1.54) is 58.9 Å². The lowest BCUT2D eigenvalue weighted by Crippen LogP contribution is -2.12. The van der Waals surface area contributed by atoms with Gasteiger partial charge in [0.25, 0.3) is 0 Å². The van der Waals surface area contributed by atoms with Crippen molar-refractivity contribution in [1.82, 2.24) is 4.98 Å². The summed E-state index contributed by atoms with van der Waals surface area (Å²) < 4.78 is 7.63. The maximum absolute atomic E-state index is 6.36. The molecule has 0 fully saturated rings. The molecule has 192 valence electrons. The van der Waals surface area contributed by atoms with Crippen molar-refractivity contribution in [3.63, 3.8) is 0 Å². The molecule has 6 aromatic rings. The second-order valence-electron chi connectivity index (χ2n) is 12.0. The summed E-state index contributed by atoms with van der Waals surface area (Å²) >= 11 is 1.86. The first kappa shape index (κ1) is 24.9. The summed E-state index contributed by atoms with van der Waals surface area (Å²) in [5.74, 6) is 1.66. The summed E-state index contributed by atoms with van der Waals surface area (Å²) in [6, 6.07) is 22.0. The first-order chi connectivity index (χ1) is 18.1. The summed E-state index contributed by atoms with van der Waals surface area (Å²) in [5, 5.41) is 5.08. The van der Waals surface area contributed by atoms with Crippen molar-refractivity contribution in [3.8, 4) is 21.7 Å². The van der Waals surface area contributed by atoms with Gasteiger partial charge < -0.3 is 4.42 Å². The third-order valence-corrected chi connectivity index (χ3v) is 8.96. The van der Waals surface area contributed by atoms with Crippen LogP contribution in [0.5, 0.6) is 0 Å². The van der Waals surface area contributed by atoms with E-state index in [1.54, 1.807) is 0 Å². The third kappa shape index (κ3) is 4.05. The van der Waals surface area contributed by atoms with Crippen molar-refractivity contribution in [1.29, 1.82) is 0 Å². The SMILES string of the molecule is Cc1c(CC(C)C)oc2cccc(-c3sc4ccnc(-c5cc(C(C)(C)C)c6ccccc6c5)c4c3C)c12. The molecule has 3 heterocycles. The molecule has 2 nitrogen and oxygen atoms in total. The molecular weight excluding hydrogens is 482 g/mol. The molecule has 0 amide bonds. The maximum atomic E-state index is 6.36. The number of fused-ring (bicyclic) bond motifs is 3. The first-order valence-corrected chi connectivity index (χ1v) is 14.4. The number of nitrogens with zero attached hydrogens (tertiary/aromatic N) is 1. The van der Waals surface area contributed by atoms with Gasteiger partial charge >= 0.3 is 0 Å². The molecule has 3 heteroatoms. The van der Waals surface area contributed by atoms with Gasteiger partial charge in [-0.25, -0.2) is 0 Å². The fourth-order valence-corrected chi connectivity index (χ4v) is 7.08. The molecule has 0 spiro atoms. The summed E-state index contributed by atoms with van der Waals surface area (Å²) in [6.07, 6.45) is 2.92. The largest absolute Gasteiger partial charge is 0.461 e. The van der Waals surface area contributed by atoms with Gasteiger partial charge in [-0.15, -0.1) is 11.3 Å². The van der Waals surface area contributed by atoms with E-state index >= 15 is 0 Å². The van der Waals surface area contributed by atoms with E-state index in [1.807, 2.05) is 17.5 Å². The molecule has 6 rings (SSSR count). The molecule has 0 atom stereocenters. The average molecular weight is 518 g/mol. The highest BCUT2D eigenvalue weighted by Gasteiger charge is 2.23. The number of hydrogen-bond acceptors (Lipinski definition) is 3. The van der Waals surface area contributed by atoms with Gasteiger partial charge in [0, 0.05) is 44.1 Å². The average Bonchev–Trinajstić information content (AvgIpc) is 3.38. The van der Waals surface area contributed by atoms with Gasteiger partial charge in [-0.1, -0.05) is 71.0 Å². The zero-order valence-corrected chi connectivity index (χ0v) is 24.2. The van der Waals surface area contributed by atoms with Gasteiger partial charge in [-0.3, -0.25) is 4.98 Å². The monoisotopic (exact) mass is 517 g/mol. The van der Waals surface area contributed by atoms with E-state index in [9.17, 15) is 0 Å². The van der Waals surface area contributed by atoms with Crippen LogP contribution in [0, 0.1) is 19.8 Å². The Morgan fingerprint density at radius 2 is 1.68 bits per heavy atom. The molecule has 0 saturated carbocycles. The van der Waals surface area contributed by atoms with Crippen molar-refractivity contribution in [3.05, 3.63) is 89.3 Å². The summed E-state index contributed by atoms with van der Waals surface area (Å²) in [6.45, 7) is 15.8. The third-order valence-electron chi connectivity index (χ3n) is 7.67. The topological polar surface area (TPSA) is 26.0 Å². The normalized spacial score (nSPS) is 12.4. The molecule has 0 aliphatic carbocycles. The fourth-order valence-electron chi connectivity index (χ4n) is 5.84. The highest BCUT2D eigenvalue weighted by atomic mass is 32.1. The quantitative estimate of drug-likeness (QED) is 0.232. The highest BCUT2D eigenvalue weighted by molar-refractivity contribution is 7.22. The van der Waals surface area contributed by atoms with Crippen molar-refractivity contribution >= 4 is 43.2 Å². The molecule has 0 bridgehead atoms. The summed E-state index contributed by atoms with van der Waals surface area (Å²) in [4.78, 5) is 6.28. The van der Waals surface area contributed by atoms with Crippen molar-refractivity contribution in [2.45, 2.75) is 60.3 Å². The van der Waals surface area contributed by atoms with Gasteiger partial charge in [0.15, 0.2) is 0 Å². The van der Waals surface area contributed by atoms with Crippen LogP contribution in [0.3, 0.4) is 0 Å². The predicted molar refractivity (Wildman–Crippen MR) is 164 cm³/mol. The minimum Gasteiger partial charge on any atom is -0.461 e. The first-order valence-electron chi connectivity index (χ1n) is 13.6. The van der Waals surface area contributed by atoms with E-state index < -0.39 is 0 Å². The van der Waals surface area contributed by atoms with Gasteiger partial charge in [-0.2, -0.15) is 0 Å². The van der Waals surface area contributed by atoms with Crippen LogP contribution in [-0.2, 0) is 11.8 Å². The summed E-state index contributed by atoms with van der Waals surface area (Å²) in [5.41, 5.74) is 8.43. The van der Waals surface area contributed by atoms with E-state index in [4.69, 9.17) is 9.40 Å². The minimum absolute atomic E-state index is 0.0283. The Balaban J connectivity index is 1.59. The van der Waals surface area contributed by atoms with Crippen LogP contribution in [-0.4, -0.2) is 4.98 Å². The van der Waals surface area contributed by atoms with Crippen LogP contribution in [0.2, 0.25) is 0 Å². The highest BCUT2D eigenvalue weighted by Crippen LogP contribution is 2.46. The molecule has 0 radical (unpaired) electrons. The number of furan rings is 1. The molecule has 38 heavy (non-hydrogen) atoms.